The Hall–Kier alpha value is -2.26. The Morgan fingerprint density at radius 2 is 1.80 bits per heavy atom. The number of fused-ring (bicyclic) bond motifs is 1. The van der Waals surface area contributed by atoms with E-state index in [1.54, 1.807) is 0 Å². The van der Waals surface area contributed by atoms with Crippen molar-refractivity contribution < 1.29 is 9.15 Å². The predicted molar refractivity (Wildman–Crippen MR) is 79.6 cm³/mol. The molecule has 0 bridgehead atoms. The zero-order chi connectivity index (χ0) is 13.9. The van der Waals surface area contributed by atoms with Gasteiger partial charge in [0.05, 0.1) is 0 Å². The minimum atomic E-state index is 0.393. The zero-order valence-corrected chi connectivity index (χ0v) is 11.4. The molecule has 0 unspecified atom stereocenters. The van der Waals surface area contributed by atoms with Gasteiger partial charge in [-0.3, -0.25) is 0 Å². The molecule has 3 rings (SSSR count). The van der Waals surface area contributed by atoms with Gasteiger partial charge in [0.2, 0.25) is 0 Å². The molecule has 1 aromatic heterocycles. The molecule has 0 radical (unpaired) electrons. The Bertz CT molecular complexity index is 713. The van der Waals surface area contributed by atoms with Crippen LogP contribution in [0, 0.1) is 6.92 Å². The van der Waals surface area contributed by atoms with Gasteiger partial charge >= 0.3 is 0 Å². The van der Waals surface area contributed by atoms with Crippen molar-refractivity contribution in [3.63, 3.8) is 0 Å². The molecule has 3 aromatic rings. The van der Waals surface area contributed by atoms with Crippen LogP contribution in [0.25, 0.3) is 11.0 Å². The number of hydrogen-bond donors (Lipinski definition) is 1. The Labute approximate surface area is 118 Å². The standard InChI is InChI=1S/C17H17NO2/c1-12-6-8-13(9-7-12)19-11-17-15(10-18)14-4-2-3-5-16(14)20-17/h2-9H,10-11,18H2,1H3. The first-order chi connectivity index (χ1) is 9.78. The largest absolute Gasteiger partial charge is 0.486 e. The molecular formula is C17H17NO2. The van der Waals surface area contributed by atoms with Crippen LogP contribution < -0.4 is 10.5 Å². The first-order valence-electron chi connectivity index (χ1n) is 6.67. The monoisotopic (exact) mass is 267 g/mol. The van der Waals surface area contributed by atoms with E-state index in [0.717, 1.165) is 28.0 Å². The van der Waals surface area contributed by atoms with E-state index in [0.29, 0.717) is 13.2 Å². The number of ether oxygens (including phenoxy) is 1. The summed E-state index contributed by atoms with van der Waals surface area (Å²) in [6, 6.07) is 15.9. The van der Waals surface area contributed by atoms with Gasteiger partial charge in [0, 0.05) is 17.5 Å². The lowest BCUT2D eigenvalue weighted by Gasteiger charge is -2.05. The van der Waals surface area contributed by atoms with Gasteiger partial charge in [-0.2, -0.15) is 0 Å². The van der Waals surface area contributed by atoms with Crippen LogP contribution in [0.2, 0.25) is 0 Å². The minimum Gasteiger partial charge on any atom is -0.486 e. The molecule has 0 aliphatic heterocycles. The minimum absolute atomic E-state index is 0.393. The molecule has 0 aliphatic rings. The lowest BCUT2D eigenvalue weighted by Crippen LogP contribution is -2.02. The van der Waals surface area contributed by atoms with Gasteiger partial charge < -0.3 is 14.9 Å². The number of hydrogen-bond acceptors (Lipinski definition) is 3. The Kier molecular flexibility index (Phi) is 3.44. The van der Waals surface area contributed by atoms with E-state index in [9.17, 15) is 0 Å². The van der Waals surface area contributed by atoms with E-state index in [-0.39, 0.29) is 0 Å². The van der Waals surface area contributed by atoms with Gasteiger partial charge in [0.1, 0.15) is 23.7 Å². The summed E-state index contributed by atoms with van der Waals surface area (Å²) >= 11 is 0. The van der Waals surface area contributed by atoms with Crippen molar-refractivity contribution in [1.82, 2.24) is 0 Å². The molecule has 2 N–H and O–H groups in total. The molecule has 0 amide bonds. The van der Waals surface area contributed by atoms with Crippen molar-refractivity contribution in [3.05, 3.63) is 65.4 Å². The highest BCUT2D eigenvalue weighted by Crippen LogP contribution is 2.26. The molecule has 102 valence electrons. The second-order valence-corrected chi connectivity index (χ2v) is 4.81. The van der Waals surface area contributed by atoms with Crippen molar-refractivity contribution in [1.29, 1.82) is 0 Å². The average molecular weight is 267 g/mol. The fourth-order valence-corrected chi connectivity index (χ4v) is 2.27. The number of furan rings is 1. The van der Waals surface area contributed by atoms with Crippen molar-refractivity contribution >= 4 is 11.0 Å². The van der Waals surface area contributed by atoms with Gasteiger partial charge in [-0.25, -0.2) is 0 Å². The number of para-hydroxylation sites is 1. The summed E-state index contributed by atoms with van der Waals surface area (Å²) < 4.78 is 11.6. The molecule has 3 heteroatoms. The normalized spacial score (nSPS) is 10.9. The highest BCUT2D eigenvalue weighted by Gasteiger charge is 2.12. The molecular weight excluding hydrogens is 250 g/mol. The van der Waals surface area contributed by atoms with Crippen LogP contribution in [0.3, 0.4) is 0 Å². The summed E-state index contributed by atoms with van der Waals surface area (Å²) in [5.74, 6) is 1.63. The highest BCUT2D eigenvalue weighted by atomic mass is 16.5. The van der Waals surface area contributed by atoms with Crippen LogP contribution in [0.5, 0.6) is 5.75 Å². The zero-order valence-electron chi connectivity index (χ0n) is 11.4. The number of nitrogens with two attached hydrogens (primary N) is 1. The SMILES string of the molecule is Cc1ccc(OCc2oc3ccccc3c2CN)cc1. The van der Waals surface area contributed by atoms with E-state index in [2.05, 4.69) is 6.92 Å². The summed E-state index contributed by atoms with van der Waals surface area (Å²) in [6.45, 7) is 2.89. The fraction of sp³-hybridized carbons (Fsp3) is 0.176. The average Bonchev–Trinajstić information content (AvgIpc) is 2.84. The second-order valence-electron chi connectivity index (χ2n) is 4.81. The lowest BCUT2D eigenvalue weighted by atomic mass is 10.1. The predicted octanol–water partition coefficient (Wildman–Crippen LogP) is 3.78. The second kappa shape index (κ2) is 5.39. The summed E-state index contributed by atoms with van der Waals surface area (Å²) in [5.41, 5.74) is 8.92. The van der Waals surface area contributed by atoms with Crippen LogP contribution in [0.4, 0.5) is 0 Å². The van der Waals surface area contributed by atoms with E-state index >= 15 is 0 Å². The van der Waals surface area contributed by atoms with Crippen molar-refractivity contribution in [2.75, 3.05) is 0 Å². The third-order valence-electron chi connectivity index (χ3n) is 3.38. The third kappa shape index (κ3) is 2.40. The van der Waals surface area contributed by atoms with Crippen LogP contribution in [-0.4, -0.2) is 0 Å². The summed E-state index contributed by atoms with van der Waals surface area (Å²) in [6.07, 6.45) is 0. The molecule has 2 aromatic carbocycles. The van der Waals surface area contributed by atoms with E-state index in [1.165, 1.54) is 5.56 Å². The third-order valence-corrected chi connectivity index (χ3v) is 3.38. The maximum Gasteiger partial charge on any atom is 0.147 e. The molecule has 0 atom stereocenters. The molecule has 0 aliphatic carbocycles. The molecule has 0 saturated carbocycles. The van der Waals surface area contributed by atoms with Gasteiger partial charge in [0.25, 0.3) is 0 Å². The van der Waals surface area contributed by atoms with E-state index < -0.39 is 0 Å². The molecule has 0 saturated heterocycles. The highest BCUT2D eigenvalue weighted by molar-refractivity contribution is 5.82. The molecule has 0 fully saturated rings. The maximum atomic E-state index is 5.83. The van der Waals surface area contributed by atoms with Gasteiger partial charge in [-0.05, 0) is 25.1 Å². The summed E-state index contributed by atoms with van der Waals surface area (Å²) in [5, 5.41) is 1.07. The van der Waals surface area contributed by atoms with E-state index in [4.69, 9.17) is 14.9 Å². The maximum absolute atomic E-state index is 5.83. The molecule has 0 spiro atoms. The Balaban J connectivity index is 1.85. The first kappa shape index (κ1) is 12.8. The Morgan fingerprint density at radius 3 is 2.55 bits per heavy atom. The summed E-state index contributed by atoms with van der Waals surface area (Å²) in [7, 11) is 0. The van der Waals surface area contributed by atoms with Crippen molar-refractivity contribution in [3.8, 4) is 5.75 Å². The first-order valence-corrected chi connectivity index (χ1v) is 6.67. The molecule has 20 heavy (non-hydrogen) atoms. The van der Waals surface area contributed by atoms with Gasteiger partial charge in [-0.1, -0.05) is 35.9 Å². The smallest absolute Gasteiger partial charge is 0.147 e. The topological polar surface area (TPSA) is 48.4 Å². The van der Waals surface area contributed by atoms with Crippen LogP contribution in [0.15, 0.2) is 52.9 Å². The van der Waals surface area contributed by atoms with Crippen molar-refractivity contribution in [2.45, 2.75) is 20.1 Å². The number of rotatable bonds is 4. The Morgan fingerprint density at radius 1 is 1.05 bits per heavy atom. The van der Waals surface area contributed by atoms with Crippen molar-refractivity contribution in [2.24, 2.45) is 5.73 Å². The van der Waals surface area contributed by atoms with Crippen LogP contribution in [-0.2, 0) is 13.2 Å². The molecule has 1 heterocycles. The molecule has 3 nitrogen and oxygen atoms in total. The van der Waals surface area contributed by atoms with Gasteiger partial charge in [0.15, 0.2) is 0 Å². The van der Waals surface area contributed by atoms with Gasteiger partial charge in [-0.15, -0.1) is 0 Å². The number of benzene rings is 2. The summed E-state index contributed by atoms with van der Waals surface area (Å²) in [4.78, 5) is 0. The van der Waals surface area contributed by atoms with E-state index in [1.807, 2.05) is 48.5 Å². The lowest BCUT2D eigenvalue weighted by molar-refractivity contribution is 0.272. The quantitative estimate of drug-likeness (QED) is 0.782. The van der Waals surface area contributed by atoms with Crippen LogP contribution in [0.1, 0.15) is 16.9 Å². The van der Waals surface area contributed by atoms with Crippen LogP contribution >= 0.6 is 0 Å². The fourth-order valence-electron chi connectivity index (χ4n) is 2.27. The number of aryl methyl sites for hydroxylation is 1.